The van der Waals surface area contributed by atoms with E-state index >= 15 is 0 Å². The fourth-order valence-electron chi connectivity index (χ4n) is 2.63. The molecule has 3 heterocycles. The molecule has 6 nitrogen and oxygen atoms in total. The van der Waals surface area contributed by atoms with Crippen LogP contribution in [0.25, 0.3) is 0 Å². The number of anilines is 1. The lowest BCUT2D eigenvalue weighted by Gasteiger charge is -2.17. The maximum Gasteiger partial charge on any atom is 0.246 e. The lowest BCUT2D eigenvalue weighted by Crippen LogP contribution is -2.29. The first-order valence-corrected chi connectivity index (χ1v) is 8.61. The molecule has 1 fully saturated rings. The molecule has 0 aromatic carbocycles. The van der Waals surface area contributed by atoms with Crippen molar-refractivity contribution in [1.82, 2.24) is 14.3 Å². The van der Waals surface area contributed by atoms with E-state index in [-0.39, 0.29) is 21.7 Å². The Balaban J connectivity index is 1.87. The highest BCUT2D eigenvalue weighted by Crippen LogP contribution is 2.32. The predicted molar refractivity (Wildman–Crippen MR) is 84.0 cm³/mol. The molecule has 0 bridgehead atoms. The molecular weight excluding hydrogens is 324 g/mol. The number of aromatic nitrogens is 2. The van der Waals surface area contributed by atoms with Crippen LogP contribution in [0.15, 0.2) is 41.7 Å². The summed E-state index contributed by atoms with van der Waals surface area (Å²) in [5, 5.41) is 0.248. The molecule has 0 saturated carbocycles. The van der Waals surface area contributed by atoms with Crippen LogP contribution in [0.2, 0.25) is 5.02 Å². The molecule has 0 amide bonds. The molecule has 2 aromatic rings. The van der Waals surface area contributed by atoms with Crippen molar-refractivity contribution in [3.05, 3.63) is 47.4 Å². The number of hydrogen-bond acceptors (Lipinski definition) is 5. The monoisotopic (exact) mass is 338 g/mol. The summed E-state index contributed by atoms with van der Waals surface area (Å²) >= 11 is 5.85. The molecule has 0 spiro atoms. The number of pyridine rings is 2. The van der Waals surface area contributed by atoms with Crippen LogP contribution < -0.4 is 5.73 Å². The van der Waals surface area contributed by atoms with Gasteiger partial charge in [-0.3, -0.25) is 4.98 Å². The molecule has 1 atom stereocenters. The van der Waals surface area contributed by atoms with Gasteiger partial charge < -0.3 is 5.73 Å². The number of nitrogens with zero attached hydrogens (tertiary/aromatic N) is 3. The third kappa shape index (κ3) is 2.79. The third-order valence-corrected chi connectivity index (χ3v) is 5.90. The van der Waals surface area contributed by atoms with E-state index < -0.39 is 10.0 Å². The molecule has 1 aliphatic rings. The summed E-state index contributed by atoms with van der Waals surface area (Å²) in [4.78, 5) is 7.78. The summed E-state index contributed by atoms with van der Waals surface area (Å²) in [7, 11) is -3.69. The van der Waals surface area contributed by atoms with E-state index in [2.05, 4.69) is 9.97 Å². The summed E-state index contributed by atoms with van der Waals surface area (Å²) in [6.45, 7) is 0.861. The second-order valence-electron chi connectivity index (χ2n) is 5.17. The SMILES string of the molecule is Nc1ncc(Cl)cc1S(=O)(=O)N1CCC(c2ccncc2)C1. The molecule has 3 rings (SSSR count). The summed E-state index contributed by atoms with van der Waals surface area (Å²) in [6.07, 6.45) is 5.52. The smallest absolute Gasteiger partial charge is 0.246 e. The third-order valence-electron chi connectivity index (χ3n) is 3.79. The van der Waals surface area contributed by atoms with Gasteiger partial charge in [-0.15, -0.1) is 0 Å². The number of halogens is 1. The first kappa shape index (κ1) is 15.2. The van der Waals surface area contributed by atoms with Gasteiger partial charge in [-0.05, 0) is 36.1 Å². The number of hydrogen-bond donors (Lipinski definition) is 1. The average molecular weight is 339 g/mol. The van der Waals surface area contributed by atoms with Crippen molar-refractivity contribution in [1.29, 1.82) is 0 Å². The molecule has 2 aromatic heterocycles. The Morgan fingerprint density at radius 3 is 2.77 bits per heavy atom. The van der Waals surface area contributed by atoms with Gasteiger partial charge in [-0.2, -0.15) is 4.31 Å². The van der Waals surface area contributed by atoms with E-state index in [1.165, 1.54) is 16.6 Å². The van der Waals surface area contributed by atoms with Gasteiger partial charge in [0.2, 0.25) is 10.0 Å². The molecule has 0 aliphatic carbocycles. The zero-order valence-corrected chi connectivity index (χ0v) is 13.3. The van der Waals surface area contributed by atoms with Crippen LogP contribution in [-0.2, 0) is 10.0 Å². The predicted octanol–water partition coefficient (Wildman–Crippen LogP) is 1.89. The summed E-state index contributed by atoms with van der Waals surface area (Å²) in [5.41, 5.74) is 6.79. The van der Waals surface area contributed by atoms with Crippen molar-refractivity contribution in [3.8, 4) is 0 Å². The topological polar surface area (TPSA) is 89.2 Å². The number of nitrogens with two attached hydrogens (primary N) is 1. The van der Waals surface area contributed by atoms with E-state index in [1.54, 1.807) is 12.4 Å². The molecule has 1 unspecified atom stereocenters. The molecule has 22 heavy (non-hydrogen) atoms. The van der Waals surface area contributed by atoms with Gasteiger partial charge in [0.05, 0.1) is 5.02 Å². The Labute approximate surface area is 134 Å². The highest BCUT2D eigenvalue weighted by atomic mass is 35.5. The molecule has 1 saturated heterocycles. The zero-order valence-electron chi connectivity index (χ0n) is 11.7. The minimum atomic E-state index is -3.69. The molecule has 2 N–H and O–H groups in total. The lowest BCUT2D eigenvalue weighted by atomic mass is 10.0. The minimum Gasteiger partial charge on any atom is -0.383 e. The average Bonchev–Trinajstić information content (AvgIpc) is 3.01. The van der Waals surface area contributed by atoms with Gasteiger partial charge in [0.15, 0.2) is 0 Å². The van der Waals surface area contributed by atoms with Crippen LogP contribution in [0.4, 0.5) is 5.82 Å². The van der Waals surface area contributed by atoms with Crippen LogP contribution in [0, 0.1) is 0 Å². The Morgan fingerprint density at radius 2 is 2.05 bits per heavy atom. The molecule has 8 heteroatoms. The van der Waals surface area contributed by atoms with Gasteiger partial charge in [-0.1, -0.05) is 11.6 Å². The number of rotatable bonds is 3. The highest BCUT2D eigenvalue weighted by Gasteiger charge is 2.34. The van der Waals surface area contributed by atoms with Crippen LogP contribution in [-0.4, -0.2) is 35.8 Å². The lowest BCUT2D eigenvalue weighted by molar-refractivity contribution is 0.473. The Kier molecular flexibility index (Phi) is 4.03. The highest BCUT2D eigenvalue weighted by molar-refractivity contribution is 7.89. The Morgan fingerprint density at radius 1 is 1.32 bits per heavy atom. The maximum absolute atomic E-state index is 12.7. The standard InChI is InChI=1S/C14H15ClN4O2S/c15-12-7-13(14(16)18-8-12)22(20,21)19-6-3-11(9-19)10-1-4-17-5-2-10/h1-2,4-5,7-8,11H,3,6,9H2,(H2,16,18). The largest absolute Gasteiger partial charge is 0.383 e. The molecule has 1 aliphatic heterocycles. The number of nitrogen functional groups attached to an aromatic ring is 1. The maximum atomic E-state index is 12.7. The van der Waals surface area contributed by atoms with Crippen LogP contribution in [0.1, 0.15) is 17.9 Å². The van der Waals surface area contributed by atoms with E-state index in [1.807, 2.05) is 12.1 Å². The van der Waals surface area contributed by atoms with Gasteiger partial charge in [-0.25, -0.2) is 13.4 Å². The van der Waals surface area contributed by atoms with Gasteiger partial charge in [0.25, 0.3) is 0 Å². The van der Waals surface area contributed by atoms with Crippen molar-refractivity contribution in [2.75, 3.05) is 18.8 Å². The van der Waals surface area contributed by atoms with Crippen LogP contribution in [0.5, 0.6) is 0 Å². The quantitative estimate of drug-likeness (QED) is 0.923. The van der Waals surface area contributed by atoms with E-state index in [9.17, 15) is 8.42 Å². The summed E-state index contributed by atoms with van der Waals surface area (Å²) in [5.74, 6) is 0.128. The van der Waals surface area contributed by atoms with Gasteiger partial charge in [0.1, 0.15) is 10.7 Å². The van der Waals surface area contributed by atoms with Gasteiger partial charge in [0, 0.05) is 31.7 Å². The fourth-order valence-corrected chi connectivity index (χ4v) is 4.45. The van der Waals surface area contributed by atoms with Crippen molar-refractivity contribution in [3.63, 3.8) is 0 Å². The molecule has 116 valence electrons. The second-order valence-corrected chi connectivity index (χ2v) is 7.51. The summed E-state index contributed by atoms with van der Waals surface area (Å²) in [6, 6.07) is 5.17. The van der Waals surface area contributed by atoms with Crippen LogP contribution >= 0.6 is 11.6 Å². The Hall–Kier alpha value is -1.70. The first-order valence-electron chi connectivity index (χ1n) is 6.79. The fraction of sp³-hybridized carbons (Fsp3) is 0.286. The van der Waals surface area contributed by atoms with E-state index in [0.29, 0.717) is 13.1 Å². The van der Waals surface area contributed by atoms with E-state index in [4.69, 9.17) is 17.3 Å². The molecule has 0 radical (unpaired) electrons. The van der Waals surface area contributed by atoms with Crippen molar-refractivity contribution in [2.24, 2.45) is 0 Å². The van der Waals surface area contributed by atoms with Crippen molar-refractivity contribution < 1.29 is 8.42 Å². The van der Waals surface area contributed by atoms with Crippen molar-refractivity contribution >= 4 is 27.4 Å². The van der Waals surface area contributed by atoms with E-state index in [0.717, 1.165) is 12.0 Å². The van der Waals surface area contributed by atoms with Crippen molar-refractivity contribution in [2.45, 2.75) is 17.2 Å². The van der Waals surface area contributed by atoms with Gasteiger partial charge >= 0.3 is 0 Å². The first-order chi connectivity index (χ1) is 10.5. The Bertz CT molecular complexity index is 783. The molecular formula is C14H15ClN4O2S. The normalized spacial score (nSPS) is 19.4. The minimum absolute atomic E-state index is 0.0308. The summed E-state index contributed by atoms with van der Waals surface area (Å²) < 4.78 is 26.9. The van der Waals surface area contributed by atoms with Crippen LogP contribution in [0.3, 0.4) is 0 Å². The number of sulfonamides is 1. The second kappa shape index (κ2) is 5.83. The zero-order chi connectivity index (χ0) is 15.7.